The number of carbonyl (C=O) groups is 2. The summed E-state index contributed by atoms with van der Waals surface area (Å²) in [6, 6.07) is 6.65. The molecule has 0 unspecified atom stereocenters. The van der Waals surface area contributed by atoms with E-state index in [1.54, 1.807) is 24.3 Å². The quantitative estimate of drug-likeness (QED) is 0.677. The summed E-state index contributed by atoms with van der Waals surface area (Å²) in [6.07, 6.45) is 1.56. The van der Waals surface area contributed by atoms with Crippen molar-refractivity contribution in [1.82, 2.24) is 10.2 Å². The zero-order valence-electron chi connectivity index (χ0n) is 10.4. The van der Waals surface area contributed by atoms with Crippen LogP contribution in [0.4, 0.5) is 4.79 Å². The first kappa shape index (κ1) is 13.6. The zero-order chi connectivity index (χ0) is 13.8. The Morgan fingerprint density at radius 3 is 2.79 bits per heavy atom. The van der Waals surface area contributed by atoms with E-state index in [1.807, 2.05) is 6.07 Å². The molecule has 100 valence electrons. The lowest BCUT2D eigenvalue weighted by molar-refractivity contribution is -0.123. The molecule has 1 aromatic carbocycles. The summed E-state index contributed by atoms with van der Waals surface area (Å²) in [6.45, 7) is 0.527. The van der Waals surface area contributed by atoms with Gasteiger partial charge in [-0.2, -0.15) is 0 Å². The van der Waals surface area contributed by atoms with Crippen molar-refractivity contribution in [3.05, 3.63) is 40.5 Å². The third-order valence-electron chi connectivity index (χ3n) is 2.69. The highest BCUT2D eigenvalue weighted by Gasteiger charge is 2.33. The Bertz CT molecular complexity index is 542. The van der Waals surface area contributed by atoms with Crippen LogP contribution < -0.4 is 5.32 Å². The fourth-order valence-electron chi connectivity index (χ4n) is 1.70. The van der Waals surface area contributed by atoms with Gasteiger partial charge >= 0.3 is 6.03 Å². The number of hydrogen-bond donors (Lipinski definition) is 1. The van der Waals surface area contributed by atoms with E-state index in [0.717, 1.165) is 4.90 Å². The SMILES string of the molecule is COCCN1C(=O)NC(=Cc2ccccc2Cl)C1=O. The molecule has 0 aliphatic carbocycles. The fourth-order valence-corrected chi connectivity index (χ4v) is 1.90. The van der Waals surface area contributed by atoms with Crippen molar-refractivity contribution >= 4 is 29.6 Å². The maximum absolute atomic E-state index is 12.0. The van der Waals surface area contributed by atoms with Crippen LogP contribution in [-0.4, -0.2) is 37.1 Å². The minimum absolute atomic E-state index is 0.217. The monoisotopic (exact) mass is 280 g/mol. The molecule has 1 N–H and O–H groups in total. The van der Waals surface area contributed by atoms with Gasteiger partial charge in [0.15, 0.2) is 0 Å². The molecule has 0 spiro atoms. The summed E-state index contributed by atoms with van der Waals surface area (Å²) in [4.78, 5) is 24.8. The average Bonchev–Trinajstić information content (AvgIpc) is 2.65. The average molecular weight is 281 g/mol. The molecule has 19 heavy (non-hydrogen) atoms. The summed E-state index contributed by atoms with van der Waals surface area (Å²) in [5.74, 6) is -0.373. The van der Waals surface area contributed by atoms with Crippen molar-refractivity contribution in [1.29, 1.82) is 0 Å². The first-order chi connectivity index (χ1) is 9.13. The molecule has 1 saturated heterocycles. The molecule has 3 amide bonds. The van der Waals surface area contributed by atoms with Crippen molar-refractivity contribution < 1.29 is 14.3 Å². The van der Waals surface area contributed by atoms with Gasteiger partial charge in [0.1, 0.15) is 5.70 Å². The van der Waals surface area contributed by atoms with Crippen molar-refractivity contribution in [2.24, 2.45) is 0 Å². The van der Waals surface area contributed by atoms with Crippen LogP contribution in [0.25, 0.3) is 6.08 Å². The van der Waals surface area contributed by atoms with Crippen molar-refractivity contribution in [3.63, 3.8) is 0 Å². The van der Waals surface area contributed by atoms with E-state index in [4.69, 9.17) is 16.3 Å². The predicted octanol–water partition coefficient (Wildman–Crippen LogP) is 1.88. The molecule has 1 aliphatic heterocycles. The number of nitrogens with one attached hydrogen (secondary N) is 1. The molecular weight excluding hydrogens is 268 g/mol. The molecule has 1 aromatic rings. The van der Waals surface area contributed by atoms with Crippen LogP contribution >= 0.6 is 11.6 Å². The van der Waals surface area contributed by atoms with Gasteiger partial charge in [0, 0.05) is 12.1 Å². The molecular formula is C13H13ClN2O3. The van der Waals surface area contributed by atoms with Crippen LogP contribution in [0, 0.1) is 0 Å². The van der Waals surface area contributed by atoms with Crippen LogP contribution in [0.2, 0.25) is 5.02 Å². The second-order valence-corrected chi connectivity index (χ2v) is 4.37. The lowest BCUT2D eigenvalue weighted by Crippen LogP contribution is -2.33. The van der Waals surface area contributed by atoms with E-state index in [0.29, 0.717) is 17.2 Å². The molecule has 0 aromatic heterocycles. The fraction of sp³-hybridized carbons (Fsp3) is 0.231. The number of imide groups is 1. The molecule has 2 rings (SSSR count). The molecule has 0 bridgehead atoms. The number of amides is 3. The van der Waals surface area contributed by atoms with Gasteiger partial charge < -0.3 is 10.1 Å². The molecule has 5 nitrogen and oxygen atoms in total. The first-order valence-electron chi connectivity index (χ1n) is 5.71. The third-order valence-corrected chi connectivity index (χ3v) is 3.03. The molecule has 1 heterocycles. The highest BCUT2D eigenvalue weighted by molar-refractivity contribution is 6.32. The van der Waals surface area contributed by atoms with E-state index < -0.39 is 6.03 Å². The van der Waals surface area contributed by atoms with E-state index in [9.17, 15) is 9.59 Å². The Hall–Kier alpha value is -1.85. The van der Waals surface area contributed by atoms with Gasteiger partial charge in [-0.3, -0.25) is 9.69 Å². The van der Waals surface area contributed by atoms with Crippen LogP contribution in [0.5, 0.6) is 0 Å². The number of carbonyl (C=O) groups excluding carboxylic acids is 2. The minimum atomic E-state index is -0.444. The Labute approximate surface area is 115 Å². The topological polar surface area (TPSA) is 58.6 Å². The summed E-state index contributed by atoms with van der Waals surface area (Å²) >= 11 is 6.00. The standard InChI is InChI=1S/C13H13ClN2O3/c1-19-7-6-16-12(17)11(15-13(16)18)8-9-4-2-3-5-10(9)14/h2-5,8H,6-7H2,1H3,(H,15,18). The molecule has 0 atom stereocenters. The lowest BCUT2D eigenvalue weighted by Gasteiger charge is -2.09. The van der Waals surface area contributed by atoms with Crippen molar-refractivity contribution in [2.45, 2.75) is 0 Å². The van der Waals surface area contributed by atoms with E-state index in [2.05, 4.69) is 5.32 Å². The number of urea groups is 1. The summed E-state index contributed by atoms with van der Waals surface area (Å²) in [5, 5.41) is 3.04. The van der Waals surface area contributed by atoms with Gasteiger partial charge in [0.2, 0.25) is 0 Å². The van der Waals surface area contributed by atoms with E-state index >= 15 is 0 Å². The van der Waals surface area contributed by atoms with Gasteiger partial charge in [0.05, 0.1) is 13.2 Å². The van der Waals surface area contributed by atoms with Gasteiger partial charge in [-0.05, 0) is 17.7 Å². The molecule has 1 fully saturated rings. The smallest absolute Gasteiger partial charge is 0.329 e. The highest BCUT2D eigenvalue weighted by atomic mass is 35.5. The van der Waals surface area contributed by atoms with Crippen LogP contribution in [0.15, 0.2) is 30.0 Å². The largest absolute Gasteiger partial charge is 0.383 e. The maximum atomic E-state index is 12.0. The minimum Gasteiger partial charge on any atom is -0.383 e. The number of ether oxygens (including phenoxy) is 1. The van der Waals surface area contributed by atoms with E-state index in [-0.39, 0.29) is 18.1 Å². The van der Waals surface area contributed by atoms with Gasteiger partial charge in [-0.15, -0.1) is 0 Å². The Balaban J connectivity index is 2.21. The van der Waals surface area contributed by atoms with Gasteiger partial charge in [-0.25, -0.2) is 4.79 Å². The molecule has 1 aliphatic rings. The first-order valence-corrected chi connectivity index (χ1v) is 6.09. The number of halogens is 1. The van der Waals surface area contributed by atoms with Gasteiger partial charge in [-0.1, -0.05) is 29.8 Å². The zero-order valence-corrected chi connectivity index (χ0v) is 11.1. The van der Waals surface area contributed by atoms with Gasteiger partial charge in [0.25, 0.3) is 5.91 Å². The van der Waals surface area contributed by atoms with Crippen LogP contribution in [0.1, 0.15) is 5.56 Å². The summed E-state index contributed by atoms with van der Waals surface area (Å²) in [7, 11) is 1.51. The van der Waals surface area contributed by atoms with E-state index in [1.165, 1.54) is 7.11 Å². The van der Waals surface area contributed by atoms with Crippen molar-refractivity contribution in [3.8, 4) is 0 Å². The Morgan fingerprint density at radius 1 is 1.37 bits per heavy atom. The lowest BCUT2D eigenvalue weighted by atomic mass is 10.2. The number of nitrogens with zero attached hydrogens (tertiary/aromatic N) is 1. The normalized spacial score (nSPS) is 17.2. The summed E-state index contributed by atoms with van der Waals surface area (Å²) < 4.78 is 4.86. The summed E-state index contributed by atoms with van der Waals surface area (Å²) in [5.41, 5.74) is 0.899. The third kappa shape index (κ3) is 2.94. The van der Waals surface area contributed by atoms with Crippen LogP contribution in [0.3, 0.4) is 0 Å². The van der Waals surface area contributed by atoms with Crippen LogP contribution in [-0.2, 0) is 9.53 Å². The number of hydrogen-bond acceptors (Lipinski definition) is 3. The predicted molar refractivity (Wildman–Crippen MR) is 71.5 cm³/mol. The highest BCUT2D eigenvalue weighted by Crippen LogP contribution is 2.20. The second kappa shape index (κ2) is 5.86. The second-order valence-electron chi connectivity index (χ2n) is 3.96. The number of rotatable bonds is 4. The Morgan fingerprint density at radius 2 is 2.11 bits per heavy atom. The molecule has 0 radical (unpaired) electrons. The number of methoxy groups -OCH3 is 1. The number of benzene rings is 1. The molecule has 6 heteroatoms. The maximum Gasteiger partial charge on any atom is 0.329 e. The van der Waals surface area contributed by atoms with Crippen molar-refractivity contribution in [2.75, 3.05) is 20.3 Å². The molecule has 0 saturated carbocycles. The Kier molecular flexibility index (Phi) is 4.19.